The zero-order valence-corrected chi connectivity index (χ0v) is 9.62. The van der Waals surface area contributed by atoms with Crippen molar-refractivity contribution in [2.45, 2.75) is 18.5 Å². The number of H-pyrrole nitrogens is 1. The average Bonchev–Trinajstić information content (AvgIpc) is 2.71. The molecule has 0 atom stereocenters. The van der Waals surface area contributed by atoms with E-state index >= 15 is 0 Å². The molecule has 16 heavy (non-hydrogen) atoms. The van der Waals surface area contributed by atoms with E-state index < -0.39 is 10.1 Å². The molecule has 0 saturated heterocycles. The van der Waals surface area contributed by atoms with Crippen LogP contribution < -0.4 is 0 Å². The molecule has 1 heterocycles. The zero-order valence-electron chi connectivity index (χ0n) is 8.80. The molecular formula is C10H12N2O3S. The van der Waals surface area contributed by atoms with E-state index in [9.17, 15) is 8.42 Å². The number of para-hydroxylation sites is 2. The Bertz CT molecular complexity index is 556. The zero-order chi connectivity index (χ0) is 11.6. The highest BCUT2D eigenvalue weighted by atomic mass is 32.2. The van der Waals surface area contributed by atoms with Gasteiger partial charge in [-0.15, -0.1) is 0 Å². The molecule has 1 N–H and O–H groups in total. The molecule has 0 aliphatic carbocycles. The summed E-state index contributed by atoms with van der Waals surface area (Å²) in [5.74, 6) is 0. The lowest BCUT2D eigenvalue weighted by Gasteiger charge is -1.99. The maximum Gasteiger partial charge on any atom is 0.331 e. The van der Waals surface area contributed by atoms with Crippen molar-refractivity contribution in [3.63, 3.8) is 0 Å². The Morgan fingerprint density at radius 2 is 2.12 bits per heavy atom. The van der Waals surface area contributed by atoms with Crippen molar-refractivity contribution in [3.05, 3.63) is 24.3 Å². The van der Waals surface area contributed by atoms with Gasteiger partial charge in [0.05, 0.1) is 17.6 Å². The van der Waals surface area contributed by atoms with Crippen LogP contribution in [0.15, 0.2) is 29.4 Å². The summed E-state index contributed by atoms with van der Waals surface area (Å²) in [4.78, 5) is 6.69. The molecule has 6 heteroatoms. The smallest absolute Gasteiger partial charge is 0.327 e. The predicted molar refractivity (Wildman–Crippen MR) is 59.5 cm³/mol. The normalized spacial score (nSPS) is 12.1. The standard InChI is InChI=1S/C10H12N2O3S/c1-2-7-15-16(13,14)10-11-8-5-3-4-6-9(8)12-10/h3-6H,2,7H2,1H3,(H,11,12). The summed E-state index contributed by atoms with van der Waals surface area (Å²) in [6.07, 6.45) is 0.638. The van der Waals surface area contributed by atoms with Crippen LogP contribution in [0.4, 0.5) is 0 Å². The van der Waals surface area contributed by atoms with Gasteiger partial charge in [-0.1, -0.05) is 19.1 Å². The Labute approximate surface area is 93.6 Å². The molecule has 86 valence electrons. The number of aromatic nitrogens is 2. The van der Waals surface area contributed by atoms with Crippen LogP contribution >= 0.6 is 0 Å². The lowest BCUT2D eigenvalue weighted by atomic mass is 10.3. The Hall–Kier alpha value is -1.40. The SMILES string of the molecule is CCCOS(=O)(=O)c1nc2ccccc2[nH]1. The lowest BCUT2D eigenvalue weighted by Crippen LogP contribution is -2.08. The Kier molecular flexibility index (Phi) is 2.93. The lowest BCUT2D eigenvalue weighted by molar-refractivity contribution is 0.315. The predicted octanol–water partition coefficient (Wildman–Crippen LogP) is 1.68. The molecule has 0 spiro atoms. The summed E-state index contributed by atoms with van der Waals surface area (Å²) >= 11 is 0. The monoisotopic (exact) mass is 240 g/mol. The van der Waals surface area contributed by atoms with Crippen molar-refractivity contribution in [1.82, 2.24) is 9.97 Å². The second kappa shape index (κ2) is 4.23. The van der Waals surface area contributed by atoms with E-state index in [4.69, 9.17) is 4.18 Å². The summed E-state index contributed by atoms with van der Waals surface area (Å²) in [7, 11) is -3.75. The van der Waals surface area contributed by atoms with Gasteiger partial charge in [0.15, 0.2) is 0 Å². The Balaban J connectivity index is 2.40. The minimum Gasteiger partial charge on any atom is -0.327 e. The molecule has 0 unspecified atom stereocenters. The molecule has 0 amide bonds. The number of benzene rings is 1. The molecular weight excluding hydrogens is 228 g/mol. The van der Waals surface area contributed by atoms with Crippen LogP contribution in [0, 0.1) is 0 Å². The minimum atomic E-state index is -3.75. The van der Waals surface area contributed by atoms with Crippen LogP contribution in [-0.2, 0) is 14.3 Å². The first-order valence-electron chi connectivity index (χ1n) is 4.97. The molecule has 2 aromatic rings. The van der Waals surface area contributed by atoms with Gasteiger partial charge < -0.3 is 4.98 Å². The van der Waals surface area contributed by atoms with E-state index in [0.29, 0.717) is 17.5 Å². The fraction of sp³-hybridized carbons (Fsp3) is 0.300. The maximum absolute atomic E-state index is 11.6. The van der Waals surface area contributed by atoms with Crippen LogP contribution in [-0.4, -0.2) is 25.0 Å². The van der Waals surface area contributed by atoms with Crippen molar-refractivity contribution in [2.24, 2.45) is 0 Å². The highest BCUT2D eigenvalue weighted by Crippen LogP contribution is 2.15. The fourth-order valence-electron chi connectivity index (χ4n) is 1.30. The van der Waals surface area contributed by atoms with Crippen LogP contribution in [0.3, 0.4) is 0 Å². The van der Waals surface area contributed by atoms with Crippen molar-refractivity contribution >= 4 is 21.2 Å². The quantitative estimate of drug-likeness (QED) is 0.825. The van der Waals surface area contributed by atoms with Crippen molar-refractivity contribution in [2.75, 3.05) is 6.61 Å². The molecule has 0 radical (unpaired) electrons. The second-order valence-corrected chi connectivity index (χ2v) is 4.87. The number of fused-ring (bicyclic) bond motifs is 1. The molecule has 0 aliphatic rings. The average molecular weight is 240 g/mol. The molecule has 0 aliphatic heterocycles. The van der Waals surface area contributed by atoms with Gasteiger partial charge in [0, 0.05) is 0 Å². The number of nitrogens with zero attached hydrogens (tertiary/aromatic N) is 1. The summed E-state index contributed by atoms with van der Waals surface area (Å²) < 4.78 is 28.1. The summed E-state index contributed by atoms with van der Waals surface area (Å²) in [6, 6.07) is 7.11. The molecule has 5 nitrogen and oxygen atoms in total. The maximum atomic E-state index is 11.6. The number of nitrogens with one attached hydrogen (secondary N) is 1. The van der Waals surface area contributed by atoms with Gasteiger partial charge >= 0.3 is 10.1 Å². The van der Waals surface area contributed by atoms with E-state index in [2.05, 4.69) is 9.97 Å². The number of aromatic amines is 1. The summed E-state index contributed by atoms with van der Waals surface area (Å²) in [5, 5.41) is -0.137. The van der Waals surface area contributed by atoms with E-state index in [1.54, 1.807) is 18.2 Å². The number of hydrogen-bond donors (Lipinski definition) is 1. The Morgan fingerprint density at radius 3 is 2.81 bits per heavy atom. The first kappa shape index (κ1) is 11.1. The highest BCUT2D eigenvalue weighted by molar-refractivity contribution is 7.86. The molecule has 0 bridgehead atoms. The van der Waals surface area contributed by atoms with Gasteiger partial charge in [0.1, 0.15) is 0 Å². The van der Waals surface area contributed by atoms with Crippen LogP contribution in [0.1, 0.15) is 13.3 Å². The van der Waals surface area contributed by atoms with E-state index in [1.165, 1.54) is 0 Å². The van der Waals surface area contributed by atoms with E-state index in [1.807, 2.05) is 13.0 Å². The number of hydrogen-bond acceptors (Lipinski definition) is 4. The van der Waals surface area contributed by atoms with Crippen molar-refractivity contribution < 1.29 is 12.6 Å². The van der Waals surface area contributed by atoms with Gasteiger partial charge in [-0.2, -0.15) is 8.42 Å². The third-order valence-electron chi connectivity index (χ3n) is 2.05. The molecule has 0 fully saturated rings. The molecule has 2 rings (SSSR count). The largest absolute Gasteiger partial charge is 0.331 e. The van der Waals surface area contributed by atoms with E-state index in [0.717, 1.165) is 0 Å². The molecule has 1 aromatic carbocycles. The van der Waals surface area contributed by atoms with Gasteiger partial charge in [-0.3, -0.25) is 4.18 Å². The van der Waals surface area contributed by atoms with Crippen molar-refractivity contribution in [1.29, 1.82) is 0 Å². The summed E-state index contributed by atoms with van der Waals surface area (Å²) in [5.41, 5.74) is 1.29. The number of imidazole rings is 1. The first-order chi connectivity index (χ1) is 7.63. The van der Waals surface area contributed by atoms with Gasteiger partial charge in [0.25, 0.3) is 5.16 Å². The van der Waals surface area contributed by atoms with Gasteiger partial charge in [0.2, 0.25) is 0 Å². The van der Waals surface area contributed by atoms with Gasteiger partial charge in [-0.25, -0.2) is 4.98 Å². The first-order valence-corrected chi connectivity index (χ1v) is 6.38. The fourth-order valence-corrected chi connectivity index (χ4v) is 2.24. The molecule has 0 saturated carbocycles. The van der Waals surface area contributed by atoms with Crippen molar-refractivity contribution in [3.8, 4) is 0 Å². The van der Waals surface area contributed by atoms with Gasteiger partial charge in [-0.05, 0) is 18.6 Å². The second-order valence-electron chi connectivity index (χ2n) is 3.34. The van der Waals surface area contributed by atoms with E-state index in [-0.39, 0.29) is 11.8 Å². The van der Waals surface area contributed by atoms with Crippen LogP contribution in [0.2, 0.25) is 0 Å². The van der Waals surface area contributed by atoms with Crippen LogP contribution in [0.25, 0.3) is 11.0 Å². The molecule has 1 aromatic heterocycles. The third-order valence-corrected chi connectivity index (χ3v) is 3.19. The highest BCUT2D eigenvalue weighted by Gasteiger charge is 2.19. The minimum absolute atomic E-state index is 0.137. The Morgan fingerprint density at radius 1 is 1.38 bits per heavy atom. The topological polar surface area (TPSA) is 72.1 Å². The summed E-state index contributed by atoms with van der Waals surface area (Å²) in [6.45, 7) is 2.01. The third kappa shape index (κ3) is 2.07. The van der Waals surface area contributed by atoms with Crippen LogP contribution in [0.5, 0.6) is 0 Å². The number of rotatable bonds is 4.